The Morgan fingerprint density at radius 3 is 2.57 bits per heavy atom. The molecule has 2 aromatic rings. The molecule has 7 nitrogen and oxygen atoms in total. The zero-order chi connectivity index (χ0) is 24.6. The minimum atomic E-state index is -0.00608. The van der Waals surface area contributed by atoms with Gasteiger partial charge in [-0.1, -0.05) is 18.2 Å². The van der Waals surface area contributed by atoms with Crippen molar-refractivity contribution in [2.24, 2.45) is 5.92 Å². The molecule has 1 N–H and O–H groups in total. The molecule has 2 amide bonds. The summed E-state index contributed by atoms with van der Waals surface area (Å²) in [6.45, 7) is 10.6. The van der Waals surface area contributed by atoms with Gasteiger partial charge >= 0.3 is 0 Å². The molecular weight excluding hydrogens is 458 g/mol. The largest absolute Gasteiger partial charge is 0.354 e. The standard InChI is InChI=1S/C27H37N5O2S/c1-21(2)29-26(33)20-35-24-10-4-3-9-23(24)27(34)32-13-7-8-22(19-32)18-30-14-16-31(17-15-30)25-11-5-6-12-28-25/h3-6,9-12,21-22H,7-8,13-20H2,1-2H3,(H,29,33). The van der Waals surface area contributed by atoms with E-state index >= 15 is 0 Å². The number of amides is 2. The SMILES string of the molecule is CC(C)NC(=O)CSc1ccccc1C(=O)N1CCCC(CN2CCN(c3ccccn3)CC2)C1. The quantitative estimate of drug-likeness (QED) is 0.567. The van der Waals surface area contributed by atoms with Gasteiger partial charge in [0.15, 0.2) is 0 Å². The predicted molar refractivity (Wildman–Crippen MR) is 142 cm³/mol. The second kappa shape index (κ2) is 12.4. The second-order valence-corrected chi connectivity index (χ2v) is 10.8. The van der Waals surface area contributed by atoms with Gasteiger partial charge in [0.25, 0.3) is 5.91 Å². The molecule has 35 heavy (non-hydrogen) atoms. The molecule has 1 unspecified atom stereocenters. The van der Waals surface area contributed by atoms with E-state index in [9.17, 15) is 9.59 Å². The molecule has 8 heteroatoms. The lowest BCUT2D eigenvalue weighted by Gasteiger charge is -2.39. The van der Waals surface area contributed by atoms with Crippen LogP contribution in [0.2, 0.25) is 0 Å². The molecule has 2 aliphatic heterocycles. The Balaban J connectivity index is 1.30. The molecule has 0 saturated carbocycles. The maximum absolute atomic E-state index is 13.5. The number of nitrogens with one attached hydrogen (secondary N) is 1. The van der Waals surface area contributed by atoms with Crippen LogP contribution in [0.4, 0.5) is 5.82 Å². The number of rotatable bonds is 8. The highest BCUT2D eigenvalue weighted by molar-refractivity contribution is 8.00. The summed E-state index contributed by atoms with van der Waals surface area (Å²) >= 11 is 1.44. The predicted octanol–water partition coefficient (Wildman–Crippen LogP) is 3.37. The summed E-state index contributed by atoms with van der Waals surface area (Å²) in [7, 11) is 0. The number of aromatic nitrogens is 1. The Morgan fingerprint density at radius 2 is 1.83 bits per heavy atom. The number of piperazine rings is 1. The molecule has 0 bridgehead atoms. The van der Waals surface area contributed by atoms with E-state index in [4.69, 9.17) is 0 Å². The van der Waals surface area contributed by atoms with Gasteiger partial charge in [-0.2, -0.15) is 0 Å². The van der Waals surface area contributed by atoms with Gasteiger partial charge in [-0.3, -0.25) is 14.5 Å². The molecule has 2 fully saturated rings. The molecule has 4 rings (SSSR count). The van der Waals surface area contributed by atoms with Gasteiger partial charge in [0.05, 0.1) is 11.3 Å². The monoisotopic (exact) mass is 495 g/mol. The number of hydrogen-bond donors (Lipinski definition) is 1. The highest BCUT2D eigenvalue weighted by atomic mass is 32.2. The van der Waals surface area contributed by atoms with Crippen LogP contribution in [0.5, 0.6) is 0 Å². The maximum Gasteiger partial charge on any atom is 0.254 e. The highest BCUT2D eigenvalue weighted by Gasteiger charge is 2.28. The fraction of sp³-hybridized carbons (Fsp3) is 0.519. The molecule has 0 spiro atoms. The summed E-state index contributed by atoms with van der Waals surface area (Å²) in [5.41, 5.74) is 0.708. The minimum absolute atomic E-state index is 0.00608. The number of nitrogens with zero attached hydrogens (tertiary/aromatic N) is 4. The summed E-state index contributed by atoms with van der Waals surface area (Å²) in [6.07, 6.45) is 4.05. The van der Waals surface area contributed by atoms with E-state index in [1.165, 1.54) is 11.8 Å². The third-order valence-electron chi connectivity index (χ3n) is 6.59. The smallest absolute Gasteiger partial charge is 0.254 e. The van der Waals surface area contributed by atoms with E-state index in [1.54, 1.807) is 0 Å². The average Bonchev–Trinajstić information content (AvgIpc) is 2.88. The van der Waals surface area contributed by atoms with Gasteiger partial charge in [-0.15, -0.1) is 11.8 Å². The van der Waals surface area contributed by atoms with Crippen LogP contribution in [-0.4, -0.2) is 84.2 Å². The van der Waals surface area contributed by atoms with Crippen molar-refractivity contribution in [3.8, 4) is 0 Å². The number of benzene rings is 1. The van der Waals surface area contributed by atoms with Crippen LogP contribution in [0.15, 0.2) is 53.6 Å². The number of likely N-dealkylation sites (tertiary alicyclic amines) is 1. The molecule has 188 valence electrons. The van der Waals surface area contributed by atoms with E-state index < -0.39 is 0 Å². The van der Waals surface area contributed by atoms with Gasteiger partial charge in [-0.25, -0.2) is 4.98 Å². The number of carbonyl (C=O) groups is 2. The fourth-order valence-electron chi connectivity index (χ4n) is 4.91. The lowest BCUT2D eigenvalue weighted by molar-refractivity contribution is -0.119. The van der Waals surface area contributed by atoms with Crippen molar-refractivity contribution in [3.05, 3.63) is 54.2 Å². The first-order valence-electron chi connectivity index (χ1n) is 12.7. The van der Waals surface area contributed by atoms with Crippen LogP contribution in [0, 0.1) is 5.92 Å². The van der Waals surface area contributed by atoms with Crippen LogP contribution < -0.4 is 10.2 Å². The summed E-state index contributed by atoms with van der Waals surface area (Å²) in [5.74, 6) is 1.94. The van der Waals surface area contributed by atoms with Gasteiger partial charge in [-0.05, 0) is 56.9 Å². The van der Waals surface area contributed by atoms with E-state index in [0.717, 1.165) is 69.4 Å². The Labute approximate surface area is 213 Å². The topological polar surface area (TPSA) is 68.8 Å². The Kier molecular flexibility index (Phi) is 9.04. The number of hydrogen-bond acceptors (Lipinski definition) is 6. The molecule has 2 aliphatic rings. The summed E-state index contributed by atoms with van der Waals surface area (Å²) in [4.78, 5) is 37.8. The van der Waals surface area contributed by atoms with Crippen LogP contribution in [-0.2, 0) is 4.79 Å². The number of carbonyl (C=O) groups excluding carboxylic acids is 2. The van der Waals surface area contributed by atoms with E-state index in [2.05, 4.69) is 26.2 Å². The van der Waals surface area contributed by atoms with Crippen molar-refractivity contribution in [1.29, 1.82) is 0 Å². The Bertz CT molecular complexity index is 979. The number of piperidine rings is 1. The minimum Gasteiger partial charge on any atom is -0.354 e. The number of pyridine rings is 1. The number of thioether (sulfide) groups is 1. The zero-order valence-electron chi connectivity index (χ0n) is 20.9. The van der Waals surface area contributed by atoms with Crippen molar-refractivity contribution in [3.63, 3.8) is 0 Å². The van der Waals surface area contributed by atoms with E-state index in [-0.39, 0.29) is 17.9 Å². The summed E-state index contributed by atoms with van der Waals surface area (Å²) in [5, 5.41) is 2.92. The van der Waals surface area contributed by atoms with Crippen molar-refractivity contribution >= 4 is 29.4 Å². The molecular formula is C27H37N5O2S. The molecule has 3 heterocycles. The fourth-order valence-corrected chi connectivity index (χ4v) is 5.77. The van der Waals surface area contributed by atoms with Crippen molar-refractivity contribution < 1.29 is 9.59 Å². The van der Waals surface area contributed by atoms with Crippen LogP contribution in [0.25, 0.3) is 0 Å². The Hall–Kier alpha value is -2.58. The molecule has 1 atom stereocenters. The first-order chi connectivity index (χ1) is 17.0. The number of anilines is 1. The van der Waals surface area contributed by atoms with Gasteiger partial charge in [0.1, 0.15) is 5.82 Å². The average molecular weight is 496 g/mol. The van der Waals surface area contributed by atoms with Crippen LogP contribution >= 0.6 is 11.8 Å². The van der Waals surface area contributed by atoms with Crippen LogP contribution in [0.3, 0.4) is 0 Å². The van der Waals surface area contributed by atoms with E-state index in [0.29, 0.717) is 17.2 Å². The zero-order valence-corrected chi connectivity index (χ0v) is 21.7. The maximum atomic E-state index is 13.5. The first-order valence-corrected chi connectivity index (χ1v) is 13.7. The molecule has 1 aromatic carbocycles. The van der Waals surface area contributed by atoms with Gasteiger partial charge in [0.2, 0.25) is 5.91 Å². The highest BCUT2D eigenvalue weighted by Crippen LogP contribution is 2.26. The third-order valence-corrected chi connectivity index (χ3v) is 7.67. The third kappa shape index (κ3) is 7.21. The lowest BCUT2D eigenvalue weighted by atomic mass is 9.96. The van der Waals surface area contributed by atoms with Gasteiger partial charge < -0.3 is 15.1 Å². The molecule has 1 aromatic heterocycles. The Morgan fingerprint density at radius 1 is 1.06 bits per heavy atom. The van der Waals surface area contributed by atoms with Crippen molar-refractivity contribution in [1.82, 2.24) is 20.1 Å². The lowest BCUT2D eigenvalue weighted by Crippen LogP contribution is -2.50. The van der Waals surface area contributed by atoms with Gasteiger partial charge in [0, 0.05) is 62.9 Å². The van der Waals surface area contributed by atoms with Crippen LogP contribution in [0.1, 0.15) is 37.0 Å². The summed E-state index contributed by atoms with van der Waals surface area (Å²) in [6, 6.07) is 13.9. The van der Waals surface area contributed by atoms with E-state index in [1.807, 2.05) is 61.3 Å². The van der Waals surface area contributed by atoms with Crippen molar-refractivity contribution in [2.75, 3.05) is 56.5 Å². The first kappa shape index (κ1) is 25.5. The molecule has 2 saturated heterocycles. The normalized spacial score (nSPS) is 19.1. The molecule has 0 aliphatic carbocycles. The second-order valence-electron chi connectivity index (χ2n) is 9.74. The molecule has 0 radical (unpaired) electrons. The summed E-state index contributed by atoms with van der Waals surface area (Å²) < 4.78 is 0. The van der Waals surface area contributed by atoms with Crippen molar-refractivity contribution in [2.45, 2.75) is 37.6 Å².